The maximum atomic E-state index is 9.60. The Hall–Kier alpha value is -1.11. The maximum Gasteiger partial charge on any atom is 0.261 e. The largest absolute Gasteiger partial charge is 0.396 e. The third-order valence-corrected chi connectivity index (χ3v) is 3.79. The molecule has 0 radical (unpaired) electrons. The lowest BCUT2D eigenvalue weighted by molar-refractivity contribution is 0.264. The standard InChI is InChI=1S/C16H16Cl2O.CH4O3S/c1-11-2-4-12(5-3-11)8-13(10-19)15-7-6-14(17)9-16(15)18;1-5(2,3)4/h2-7,9,13,19H,8,10H2,1H3;1H3,(H,2,3,4). The summed E-state index contributed by atoms with van der Waals surface area (Å²) in [7, 11) is -3.67. The Morgan fingerprint density at radius 3 is 2.08 bits per heavy atom. The molecule has 0 saturated carbocycles. The van der Waals surface area contributed by atoms with E-state index in [1.807, 2.05) is 6.07 Å². The number of aryl methyl sites for hydroxylation is 1. The highest BCUT2D eigenvalue weighted by molar-refractivity contribution is 7.85. The Labute approximate surface area is 152 Å². The molecule has 132 valence electrons. The van der Waals surface area contributed by atoms with E-state index >= 15 is 0 Å². The molecule has 24 heavy (non-hydrogen) atoms. The van der Waals surface area contributed by atoms with Gasteiger partial charge >= 0.3 is 0 Å². The molecular weight excluding hydrogens is 371 g/mol. The second kappa shape index (κ2) is 9.39. The molecule has 7 heteroatoms. The first-order valence-electron chi connectivity index (χ1n) is 7.14. The fraction of sp³-hybridized carbons (Fsp3) is 0.294. The average molecular weight is 391 g/mol. The van der Waals surface area contributed by atoms with Gasteiger partial charge in [-0.3, -0.25) is 4.55 Å². The Morgan fingerprint density at radius 1 is 1.08 bits per heavy atom. The summed E-state index contributed by atoms with van der Waals surface area (Å²) >= 11 is 12.1. The number of benzene rings is 2. The van der Waals surface area contributed by atoms with Crippen LogP contribution in [-0.2, 0) is 16.5 Å². The van der Waals surface area contributed by atoms with Crippen molar-refractivity contribution in [2.24, 2.45) is 0 Å². The van der Waals surface area contributed by atoms with Gasteiger partial charge in [-0.15, -0.1) is 0 Å². The van der Waals surface area contributed by atoms with E-state index in [0.717, 1.165) is 12.0 Å². The molecule has 2 N–H and O–H groups in total. The van der Waals surface area contributed by atoms with Crippen LogP contribution in [-0.4, -0.2) is 30.9 Å². The van der Waals surface area contributed by atoms with Crippen molar-refractivity contribution < 1.29 is 18.1 Å². The number of halogens is 2. The molecule has 1 atom stereocenters. The summed E-state index contributed by atoms with van der Waals surface area (Å²) in [6.45, 7) is 2.12. The maximum absolute atomic E-state index is 9.60. The predicted molar refractivity (Wildman–Crippen MR) is 98.6 cm³/mol. The van der Waals surface area contributed by atoms with Crippen LogP contribution in [0.3, 0.4) is 0 Å². The summed E-state index contributed by atoms with van der Waals surface area (Å²) < 4.78 is 25.9. The number of aliphatic hydroxyl groups excluding tert-OH is 1. The Morgan fingerprint density at radius 2 is 1.62 bits per heavy atom. The minimum Gasteiger partial charge on any atom is -0.396 e. The summed E-state index contributed by atoms with van der Waals surface area (Å²) in [4.78, 5) is 0. The van der Waals surface area contributed by atoms with Crippen LogP contribution in [0.25, 0.3) is 0 Å². The van der Waals surface area contributed by atoms with E-state index in [4.69, 9.17) is 27.8 Å². The first-order valence-corrected chi connectivity index (χ1v) is 9.74. The predicted octanol–water partition coefficient (Wildman–Crippen LogP) is 4.12. The molecule has 1 unspecified atom stereocenters. The molecule has 2 aromatic rings. The number of hydrogen-bond donors (Lipinski definition) is 2. The lowest BCUT2D eigenvalue weighted by Crippen LogP contribution is -2.08. The molecule has 0 bridgehead atoms. The van der Waals surface area contributed by atoms with Gasteiger partial charge in [0.25, 0.3) is 10.1 Å². The monoisotopic (exact) mass is 390 g/mol. The summed E-state index contributed by atoms with van der Waals surface area (Å²) in [5.74, 6) is -0.00697. The van der Waals surface area contributed by atoms with E-state index in [1.54, 1.807) is 12.1 Å². The van der Waals surface area contributed by atoms with Crippen molar-refractivity contribution in [3.63, 3.8) is 0 Å². The highest BCUT2D eigenvalue weighted by Crippen LogP contribution is 2.29. The van der Waals surface area contributed by atoms with E-state index < -0.39 is 10.1 Å². The Bertz CT molecular complexity index is 751. The molecule has 0 heterocycles. The fourth-order valence-corrected chi connectivity index (χ4v) is 2.68. The lowest BCUT2D eigenvalue weighted by Gasteiger charge is -2.16. The normalized spacial score (nSPS) is 12.2. The van der Waals surface area contributed by atoms with Crippen molar-refractivity contribution in [2.45, 2.75) is 19.3 Å². The fourth-order valence-electron chi connectivity index (χ4n) is 2.11. The van der Waals surface area contributed by atoms with Gasteiger partial charge in [0.1, 0.15) is 0 Å². The average Bonchev–Trinajstić information content (AvgIpc) is 2.46. The van der Waals surface area contributed by atoms with Gasteiger partial charge < -0.3 is 5.11 Å². The molecular formula is C17H20Cl2O4S. The van der Waals surface area contributed by atoms with Gasteiger partial charge in [0.15, 0.2) is 0 Å². The van der Waals surface area contributed by atoms with Crippen LogP contribution in [0.5, 0.6) is 0 Å². The van der Waals surface area contributed by atoms with Crippen LogP contribution in [0.15, 0.2) is 42.5 Å². The molecule has 0 aliphatic rings. The molecule has 2 aromatic carbocycles. The second-order valence-corrected chi connectivity index (χ2v) is 7.78. The van der Waals surface area contributed by atoms with Crippen LogP contribution in [0.4, 0.5) is 0 Å². The summed E-state index contributed by atoms with van der Waals surface area (Å²) in [5.41, 5.74) is 3.36. The molecule has 0 amide bonds. The van der Waals surface area contributed by atoms with E-state index in [-0.39, 0.29) is 12.5 Å². The van der Waals surface area contributed by atoms with Crippen molar-refractivity contribution in [3.05, 3.63) is 69.2 Å². The van der Waals surface area contributed by atoms with Gasteiger partial charge in [-0.05, 0) is 36.6 Å². The van der Waals surface area contributed by atoms with E-state index in [0.29, 0.717) is 16.3 Å². The molecule has 4 nitrogen and oxygen atoms in total. The van der Waals surface area contributed by atoms with Gasteiger partial charge in [0.2, 0.25) is 0 Å². The van der Waals surface area contributed by atoms with Crippen LogP contribution in [0, 0.1) is 6.92 Å². The first-order chi connectivity index (χ1) is 11.1. The van der Waals surface area contributed by atoms with E-state index in [9.17, 15) is 13.5 Å². The third kappa shape index (κ3) is 8.13. The topological polar surface area (TPSA) is 74.6 Å². The van der Waals surface area contributed by atoms with E-state index in [1.165, 1.54) is 11.1 Å². The van der Waals surface area contributed by atoms with Crippen LogP contribution in [0.2, 0.25) is 10.0 Å². The van der Waals surface area contributed by atoms with Crippen LogP contribution < -0.4 is 0 Å². The molecule has 0 aliphatic heterocycles. The number of hydrogen-bond acceptors (Lipinski definition) is 3. The first kappa shape index (κ1) is 20.9. The molecule has 0 aromatic heterocycles. The zero-order chi connectivity index (χ0) is 18.3. The summed E-state index contributed by atoms with van der Waals surface area (Å²) in [5, 5.41) is 10.8. The van der Waals surface area contributed by atoms with Gasteiger partial charge in [0, 0.05) is 16.0 Å². The van der Waals surface area contributed by atoms with Crippen LogP contribution in [0.1, 0.15) is 22.6 Å². The van der Waals surface area contributed by atoms with Gasteiger partial charge in [-0.25, -0.2) is 0 Å². The molecule has 2 rings (SSSR count). The Balaban J connectivity index is 0.000000505. The van der Waals surface area contributed by atoms with Gasteiger partial charge in [-0.2, -0.15) is 8.42 Å². The molecule has 0 aliphatic carbocycles. The lowest BCUT2D eigenvalue weighted by atomic mass is 9.92. The minimum atomic E-state index is -3.67. The third-order valence-electron chi connectivity index (χ3n) is 3.23. The van der Waals surface area contributed by atoms with Crippen molar-refractivity contribution in [3.8, 4) is 0 Å². The Kier molecular flexibility index (Phi) is 8.19. The quantitative estimate of drug-likeness (QED) is 0.769. The van der Waals surface area contributed by atoms with Crippen LogP contribution >= 0.6 is 23.2 Å². The van der Waals surface area contributed by atoms with Crippen molar-refractivity contribution in [2.75, 3.05) is 12.9 Å². The van der Waals surface area contributed by atoms with Crippen molar-refractivity contribution in [1.82, 2.24) is 0 Å². The minimum absolute atomic E-state index is 0.00697. The smallest absolute Gasteiger partial charge is 0.261 e. The highest BCUT2D eigenvalue weighted by Gasteiger charge is 2.15. The van der Waals surface area contributed by atoms with Gasteiger partial charge in [-0.1, -0.05) is 59.1 Å². The zero-order valence-electron chi connectivity index (χ0n) is 13.4. The number of aliphatic hydroxyl groups is 1. The second-order valence-electron chi connectivity index (χ2n) is 5.47. The zero-order valence-corrected chi connectivity index (χ0v) is 15.7. The number of rotatable bonds is 4. The molecule has 0 saturated heterocycles. The SMILES string of the molecule is CS(=O)(=O)O.Cc1ccc(CC(CO)c2ccc(Cl)cc2Cl)cc1. The van der Waals surface area contributed by atoms with Crippen molar-refractivity contribution >= 4 is 33.3 Å². The van der Waals surface area contributed by atoms with Gasteiger partial charge in [0.05, 0.1) is 12.9 Å². The van der Waals surface area contributed by atoms with Crippen molar-refractivity contribution in [1.29, 1.82) is 0 Å². The summed E-state index contributed by atoms with van der Waals surface area (Å²) in [6.07, 6.45) is 1.48. The summed E-state index contributed by atoms with van der Waals surface area (Å²) in [6, 6.07) is 13.7. The molecule has 0 fully saturated rings. The van der Waals surface area contributed by atoms with E-state index in [2.05, 4.69) is 31.2 Å². The molecule has 0 spiro atoms. The highest BCUT2D eigenvalue weighted by atomic mass is 35.5.